The molecule has 2 aliphatic rings. The van der Waals surface area contributed by atoms with Gasteiger partial charge in [0.1, 0.15) is 12.7 Å². The zero-order valence-corrected chi connectivity index (χ0v) is 15.9. The zero-order valence-electron chi connectivity index (χ0n) is 15.0. The number of benzene rings is 1. The van der Waals surface area contributed by atoms with Crippen LogP contribution in [0.5, 0.6) is 11.5 Å². The van der Waals surface area contributed by atoms with Gasteiger partial charge in [0, 0.05) is 0 Å². The van der Waals surface area contributed by atoms with E-state index in [4.69, 9.17) is 9.47 Å². The highest BCUT2D eigenvalue weighted by Crippen LogP contribution is 2.31. The van der Waals surface area contributed by atoms with E-state index in [0.717, 1.165) is 18.6 Å². The van der Waals surface area contributed by atoms with Crippen molar-refractivity contribution in [2.45, 2.75) is 49.4 Å². The van der Waals surface area contributed by atoms with Crippen LogP contribution in [0.3, 0.4) is 0 Å². The summed E-state index contributed by atoms with van der Waals surface area (Å²) in [6, 6.07) is 7.90. The van der Waals surface area contributed by atoms with Gasteiger partial charge in [-0.05, 0) is 35.4 Å². The molecule has 1 aromatic carbocycles. The van der Waals surface area contributed by atoms with Crippen LogP contribution in [0, 0.1) is 0 Å². The van der Waals surface area contributed by atoms with E-state index in [1.165, 1.54) is 31.0 Å². The van der Waals surface area contributed by atoms with Crippen LogP contribution in [-0.2, 0) is 4.79 Å². The normalized spacial score (nSPS) is 19.6. The Morgan fingerprint density at radius 2 is 2.04 bits per heavy atom. The minimum atomic E-state index is -0.193. The second-order valence-electron chi connectivity index (χ2n) is 6.79. The lowest BCUT2D eigenvalue weighted by Crippen LogP contribution is -2.41. The predicted molar refractivity (Wildman–Crippen MR) is 100 cm³/mol. The van der Waals surface area contributed by atoms with Gasteiger partial charge in [-0.25, -0.2) is 4.68 Å². The zero-order chi connectivity index (χ0) is 18.5. The first-order valence-corrected chi connectivity index (χ1v) is 10.3. The lowest BCUT2D eigenvalue weighted by Gasteiger charge is -2.26. The molecule has 1 atom stereocenters. The number of thioether (sulfide) groups is 1. The summed E-state index contributed by atoms with van der Waals surface area (Å²) in [5.74, 6) is 1.66. The van der Waals surface area contributed by atoms with Crippen molar-refractivity contribution in [3.05, 3.63) is 24.3 Å². The van der Waals surface area contributed by atoms with Gasteiger partial charge in [0.2, 0.25) is 11.1 Å². The largest absolute Gasteiger partial charge is 0.486 e. The summed E-state index contributed by atoms with van der Waals surface area (Å²) in [6.07, 6.45) is 5.71. The molecule has 0 spiro atoms. The minimum absolute atomic E-state index is 0.0688. The van der Waals surface area contributed by atoms with Crippen molar-refractivity contribution < 1.29 is 14.3 Å². The molecule has 1 saturated carbocycles. The van der Waals surface area contributed by atoms with Gasteiger partial charge >= 0.3 is 0 Å². The molecule has 4 rings (SSSR count). The van der Waals surface area contributed by atoms with E-state index in [0.29, 0.717) is 30.1 Å². The smallest absolute Gasteiger partial charge is 0.230 e. The van der Waals surface area contributed by atoms with Crippen molar-refractivity contribution in [3.63, 3.8) is 0 Å². The first kappa shape index (κ1) is 18.1. The monoisotopic (exact) mass is 389 g/mol. The fourth-order valence-electron chi connectivity index (χ4n) is 3.41. The van der Waals surface area contributed by atoms with Gasteiger partial charge in [-0.15, -0.1) is 5.10 Å². The molecule has 1 aliphatic heterocycles. The van der Waals surface area contributed by atoms with Gasteiger partial charge in [-0.1, -0.05) is 43.2 Å². The van der Waals surface area contributed by atoms with Gasteiger partial charge in [0.25, 0.3) is 0 Å². The van der Waals surface area contributed by atoms with Gasteiger partial charge in [0.05, 0.1) is 18.3 Å². The fraction of sp³-hybridized carbons (Fsp3) is 0.556. The van der Waals surface area contributed by atoms with Crippen molar-refractivity contribution in [2.24, 2.45) is 0 Å². The number of amides is 1. The standard InChI is InChI=1S/C18H23N5O3S/c24-17(19-10-14-11-25-15-8-4-5-9-16(15)26-14)12-27-18-20-21-22-23(18)13-6-2-1-3-7-13/h4-5,8-9,13-14H,1-3,6-7,10-12H2,(H,19,24). The van der Waals surface area contributed by atoms with Crippen LogP contribution < -0.4 is 14.8 Å². The maximum Gasteiger partial charge on any atom is 0.230 e. The van der Waals surface area contributed by atoms with Crippen molar-refractivity contribution in [1.82, 2.24) is 25.5 Å². The number of nitrogens with zero attached hydrogens (tertiary/aromatic N) is 4. The number of carbonyl (C=O) groups excluding carboxylic acids is 1. The second kappa shape index (κ2) is 8.60. The number of hydrogen-bond acceptors (Lipinski definition) is 7. The summed E-state index contributed by atoms with van der Waals surface area (Å²) in [6.45, 7) is 0.825. The average Bonchev–Trinajstić information content (AvgIpc) is 3.20. The molecule has 1 fully saturated rings. The Labute approximate surface area is 162 Å². The maximum absolute atomic E-state index is 12.2. The van der Waals surface area contributed by atoms with E-state index in [2.05, 4.69) is 20.8 Å². The third-order valence-electron chi connectivity index (χ3n) is 4.81. The molecule has 1 N–H and O–H groups in total. The van der Waals surface area contributed by atoms with Gasteiger partial charge in [0.15, 0.2) is 11.5 Å². The quantitative estimate of drug-likeness (QED) is 0.758. The SMILES string of the molecule is O=C(CSc1nnnn1C1CCCCC1)NCC1COc2ccccc2O1. The highest BCUT2D eigenvalue weighted by Gasteiger charge is 2.22. The number of nitrogens with one attached hydrogen (secondary N) is 1. The Balaban J connectivity index is 1.23. The highest BCUT2D eigenvalue weighted by atomic mass is 32.2. The van der Waals surface area contributed by atoms with Crippen molar-refractivity contribution in [3.8, 4) is 11.5 Å². The van der Waals surface area contributed by atoms with Crippen LogP contribution in [0.1, 0.15) is 38.1 Å². The Morgan fingerprint density at radius 1 is 1.22 bits per heavy atom. The average molecular weight is 389 g/mol. The number of rotatable bonds is 6. The molecule has 2 aromatic rings. The number of ether oxygens (including phenoxy) is 2. The molecular weight excluding hydrogens is 366 g/mol. The van der Waals surface area contributed by atoms with Gasteiger partial charge < -0.3 is 14.8 Å². The van der Waals surface area contributed by atoms with Crippen molar-refractivity contribution >= 4 is 17.7 Å². The number of fused-ring (bicyclic) bond motifs is 1. The Kier molecular flexibility index (Phi) is 5.76. The van der Waals surface area contributed by atoms with Crippen LogP contribution in [0.2, 0.25) is 0 Å². The van der Waals surface area contributed by atoms with E-state index < -0.39 is 0 Å². The topological polar surface area (TPSA) is 91.2 Å². The van der Waals surface area contributed by atoms with Gasteiger partial charge in [-0.2, -0.15) is 0 Å². The van der Waals surface area contributed by atoms with Crippen LogP contribution in [0.4, 0.5) is 0 Å². The molecule has 0 radical (unpaired) electrons. The van der Waals surface area contributed by atoms with E-state index in [1.54, 1.807) is 0 Å². The molecule has 27 heavy (non-hydrogen) atoms. The summed E-state index contributed by atoms with van der Waals surface area (Å²) in [7, 11) is 0. The van der Waals surface area contributed by atoms with E-state index in [9.17, 15) is 4.79 Å². The van der Waals surface area contributed by atoms with E-state index in [1.807, 2.05) is 28.9 Å². The molecule has 1 aliphatic carbocycles. The molecule has 0 saturated heterocycles. The van der Waals surface area contributed by atoms with E-state index in [-0.39, 0.29) is 17.8 Å². The van der Waals surface area contributed by atoms with Crippen LogP contribution in [0.15, 0.2) is 29.4 Å². The third-order valence-corrected chi connectivity index (χ3v) is 5.74. The first-order chi connectivity index (χ1) is 13.3. The Morgan fingerprint density at radius 3 is 2.89 bits per heavy atom. The number of tetrazole rings is 1. The van der Waals surface area contributed by atoms with Crippen LogP contribution in [0.25, 0.3) is 0 Å². The second-order valence-corrected chi connectivity index (χ2v) is 7.73. The lowest BCUT2D eigenvalue weighted by atomic mass is 9.96. The summed E-state index contributed by atoms with van der Waals surface area (Å²) < 4.78 is 13.4. The van der Waals surface area contributed by atoms with Crippen molar-refractivity contribution in [1.29, 1.82) is 0 Å². The number of para-hydroxylation sites is 2. The highest BCUT2D eigenvalue weighted by molar-refractivity contribution is 7.99. The minimum Gasteiger partial charge on any atom is -0.486 e. The van der Waals surface area contributed by atoms with Crippen LogP contribution >= 0.6 is 11.8 Å². The number of hydrogen-bond donors (Lipinski definition) is 1. The summed E-state index contributed by atoms with van der Waals surface area (Å²) in [4.78, 5) is 12.2. The molecule has 1 unspecified atom stereocenters. The Hall–Kier alpha value is -2.29. The third kappa shape index (κ3) is 4.52. The first-order valence-electron chi connectivity index (χ1n) is 9.35. The molecular formula is C18H23N5O3S. The number of aromatic nitrogens is 4. The lowest BCUT2D eigenvalue weighted by molar-refractivity contribution is -0.119. The molecule has 8 nitrogen and oxygen atoms in total. The van der Waals surface area contributed by atoms with Crippen molar-refractivity contribution in [2.75, 3.05) is 18.9 Å². The number of carbonyl (C=O) groups is 1. The predicted octanol–water partition coefficient (Wildman–Crippen LogP) is 2.23. The van der Waals surface area contributed by atoms with Crippen LogP contribution in [-0.4, -0.2) is 51.1 Å². The fourth-order valence-corrected chi connectivity index (χ4v) is 4.18. The summed E-state index contributed by atoms with van der Waals surface area (Å²) in [5, 5.41) is 15.6. The molecule has 0 bridgehead atoms. The van der Waals surface area contributed by atoms with E-state index >= 15 is 0 Å². The Bertz CT molecular complexity index is 778. The molecule has 9 heteroatoms. The summed E-state index contributed by atoms with van der Waals surface area (Å²) in [5.41, 5.74) is 0. The molecule has 144 valence electrons. The molecule has 2 heterocycles. The summed E-state index contributed by atoms with van der Waals surface area (Å²) >= 11 is 1.37. The molecule has 1 aromatic heterocycles. The maximum atomic E-state index is 12.2. The molecule has 1 amide bonds. The van der Waals surface area contributed by atoms with Gasteiger partial charge in [-0.3, -0.25) is 4.79 Å².